The van der Waals surface area contributed by atoms with Crippen molar-refractivity contribution in [3.63, 3.8) is 0 Å². The second kappa shape index (κ2) is 6.93. The Kier molecular flexibility index (Phi) is 5.24. The largest absolute Gasteiger partial charge is 0.354 e. The number of rotatable bonds is 5. The Bertz CT molecular complexity index is 416. The van der Waals surface area contributed by atoms with E-state index in [0.717, 1.165) is 38.2 Å². The van der Waals surface area contributed by atoms with Crippen molar-refractivity contribution in [1.29, 1.82) is 0 Å². The summed E-state index contributed by atoms with van der Waals surface area (Å²) in [5.41, 5.74) is 0. The molecule has 0 spiro atoms. The van der Waals surface area contributed by atoms with Crippen LogP contribution in [0.1, 0.15) is 26.7 Å². The zero-order valence-corrected chi connectivity index (χ0v) is 12.3. The van der Waals surface area contributed by atoms with E-state index in [1.54, 1.807) is 0 Å². The summed E-state index contributed by atoms with van der Waals surface area (Å²) < 4.78 is 13.9. The predicted molar refractivity (Wildman–Crippen MR) is 79.5 cm³/mol. The molecule has 0 aromatic carbocycles. The first kappa shape index (κ1) is 14.4. The molecule has 1 aliphatic heterocycles. The third-order valence-corrected chi connectivity index (χ3v) is 4.52. The van der Waals surface area contributed by atoms with Crippen LogP contribution in [0.15, 0.2) is 6.20 Å². The average molecular weight is 284 g/mol. The minimum absolute atomic E-state index is 0.330. The molecular weight excluding hydrogens is 263 g/mol. The highest BCUT2D eigenvalue weighted by molar-refractivity contribution is 8.00. The predicted octanol–water partition coefficient (Wildman–Crippen LogP) is 2.77. The second-order valence-corrected chi connectivity index (χ2v) is 6.05. The summed E-state index contributed by atoms with van der Waals surface area (Å²) in [5.74, 6) is 1.65. The molecule has 1 aliphatic rings. The number of hydrogen-bond donors (Lipinski definition) is 1. The quantitative estimate of drug-likeness (QED) is 0.900. The van der Waals surface area contributed by atoms with Gasteiger partial charge in [0.15, 0.2) is 11.6 Å². The lowest BCUT2D eigenvalue weighted by Crippen LogP contribution is -2.38. The standard InChI is InChI=1S/C13H21FN4S/c1-3-5-15-13-16-8-11(14)12(17-13)18-6-7-19-10(4-2)9-18/h8,10H,3-7,9H2,1-2H3,(H,15,16,17). The van der Waals surface area contributed by atoms with Crippen molar-refractivity contribution in [2.75, 3.05) is 35.6 Å². The molecule has 1 aromatic heterocycles. The van der Waals surface area contributed by atoms with Crippen LogP contribution < -0.4 is 10.2 Å². The van der Waals surface area contributed by atoms with Gasteiger partial charge in [-0.25, -0.2) is 9.37 Å². The zero-order valence-electron chi connectivity index (χ0n) is 11.5. The first-order chi connectivity index (χ1) is 9.24. The van der Waals surface area contributed by atoms with Crippen LogP contribution in [0.3, 0.4) is 0 Å². The number of nitrogens with zero attached hydrogens (tertiary/aromatic N) is 3. The maximum atomic E-state index is 13.9. The third kappa shape index (κ3) is 3.72. The number of hydrogen-bond acceptors (Lipinski definition) is 5. The second-order valence-electron chi connectivity index (χ2n) is 4.64. The van der Waals surface area contributed by atoms with Crippen LogP contribution in [0.2, 0.25) is 0 Å². The number of nitrogens with one attached hydrogen (secondary N) is 1. The van der Waals surface area contributed by atoms with Crippen LogP contribution in [0.5, 0.6) is 0 Å². The van der Waals surface area contributed by atoms with E-state index in [9.17, 15) is 4.39 Å². The fourth-order valence-corrected chi connectivity index (χ4v) is 3.24. The highest BCUT2D eigenvalue weighted by Gasteiger charge is 2.22. The van der Waals surface area contributed by atoms with E-state index in [-0.39, 0.29) is 5.82 Å². The molecule has 0 bridgehead atoms. The molecule has 0 radical (unpaired) electrons. The Morgan fingerprint density at radius 2 is 2.37 bits per heavy atom. The SMILES string of the molecule is CCCNc1ncc(F)c(N2CCSC(CC)C2)n1. The van der Waals surface area contributed by atoms with Gasteiger partial charge >= 0.3 is 0 Å². The van der Waals surface area contributed by atoms with E-state index in [2.05, 4.69) is 29.1 Å². The topological polar surface area (TPSA) is 41.1 Å². The molecule has 1 N–H and O–H groups in total. The molecule has 1 aromatic rings. The summed E-state index contributed by atoms with van der Waals surface area (Å²) in [6.07, 6.45) is 3.37. The molecule has 19 heavy (non-hydrogen) atoms. The van der Waals surface area contributed by atoms with Gasteiger partial charge in [-0.3, -0.25) is 0 Å². The van der Waals surface area contributed by atoms with Gasteiger partial charge in [-0.2, -0.15) is 16.7 Å². The molecule has 6 heteroatoms. The molecule has 2 heterocycles. The van der Waals surface area contributed by atoms with Gasteiger partial charge in [-0.15, -0.1) is 0 Å². The Labute approximate surface area is 118 Å². The highest BCUT2D eigenvalue weighted by Crippen LogP contribution is 2.26. The van der Waals surface area contributed by atoms with Crippen LogP contribution in [-0.2, 0) is 0 Å². The molecule has 1 atom stereocenters. The average Bonchev–Trinajstić information content (AvgIpc) is 2.46. The van der Waals surface area contributed by atoms with Crippen molar-refractivity contribution in [2.45, 2.75) is 31.9 Å². The number of aromatic nitrogens is 2. The first-order valence-corrected chi connectivity index (χ1v) is 7.92. The van der Waals surface area contributed by atoms with Gasteiger partial charge in [0.2, 0.25) is 5.95 Å². The molecule has 1 unspecified atom stereocenters. The summed E-state index contributed by atoms with van der Waals surface area (Å²) in [6, 6.07) is 0. The van der Waals surface area contributed by atoms with Gasteiger partial charge in [-0.1, -0.05) is 13.8 Å². The molecule has 106 valence electrons. The maximum Gasteiger partial charge on any atom is 0.224 e. The smallest absolute Gasteiger partial charge is 0.224 e. The molecule has 1 fully saturated rings. The maximum absolute atomic E-state index is 13.9. The highest BCUT2D eigenvalue weighted by atomic mass is 32.2. The van der Waals surface area contributed by atoms with E-state index in [1.807, 2.05) is 16.7 Å². The van der Waals surface area contributed by atoms with Gasteiger partial charge in [0, 0.05) is 30.6 Å². The van der Waals surface area contributed by atoms with Crippen molar-refractivity contribution in [1.82, 2.24) is 9.97 Å². The molecule has 0 amide bonds. The first-order valence-electron chi connectivity index (χ1n) is 6.87. The van der Waals surface area contributed by atoms with Crippen molar-refractivity contribution < 1.29 is 4.39 Å². The molecule has 4 nitrogen and oxygen atoms in total. The number of anilines is 2. The van der Waals surface area contributed by atoms with E-state index >= 15 is 0 Å². The minimum atomic E-state index is -0.330. The van der Waals surface area contributed by atoms with Gasteiger partial charge in [0.05, 0.1) is 6.20 Å². The van der Waals surface area contributed by atoms with Crippen LogP contribution >= 0.6 is 11.8 Å². The Morgan fingerprint density at radius 3 is 3.11 bits per heavy atom. The van der Waals surface area contributed by atoms with Gasteiger partial charge < -0.3 is 10.2 Å². The van der Waals surface area contributed by atoms with Crippen molar-refractivity contribution in [3.8, 4) is 0 Å². The lowest BCUT2D eigenvalue weighted by molar-refractivity contribution is 0.598. The summed E-state index contributed by atoms with van der Waals surface area (Å²) in [7, 11) is 0. The summed E-state index contributed by atoms with van der Waals surface area (Å²) in [6.45, 7) is 6.76. The monoisotopic (exact) mass is 284 g/mol. The fraction of sp³-hybridized carbons (Fsp3) is 0.692. The van der Waals surface area contributed by atoms with Crippen LogP contribution in [0.25, 0.3) is 0 Å². The third-order valence-electron chi connectivity index (χ3n) is 3.15. The Morgan fingerprint density at radius 1 is 1.53 bits per heavy atom. The van der Waals surface area contributed by atoms with Gasteiger partial charge in [0.1, 0.15) is 0 Å². The normalized spacial score (nSPS) is 19.5. The van der Waals surface area contributed by atoms with Crippen molar-refractivity contribution in [2.24, 2.45) is 0 Å². The van der Waals surface area contributed by atoms with Gasteiger partial charge in [-0.05, 0) is 12.8 Å². The molecule has 2 rings (SSSR count). The zero-order chi connectivity index (χ0) is 13.7. The van der Waals surface area contributed by atoms with Crippen molar-refractivity contribution in [3.05, 3.63) is 12.0 Å². The summed E-state index contributed by atoms with van der Waals surface area (Å²) in [5, 5.41) is 3.67. The van der Waals surface area contributed by atoms with E-state index < -0.39 is 0 Å². The lowest BCUT2D eigenvalue weighted by atomic mass is 10.3. The molecule has 1 saturated heterocycles. The van der Waals surface area contributed by atoms with E-state index in [1.165, 1.54) is 6.20 Å². The summed E-state index contributed by atoms with van der Waals surface area (Å²) >= 11 is 1.96. The lowest BCUT2D eigenvalue weighted by Gasteiger charge is -2.32. The van der Waals surface area contributed by atoms with E-state index in [4.69, 9.17) is 0 Å². The molecule has 0 aliphatic carbocycles. The minimum Gasteiger partial charge on any atom is -0.354 e. The van der Waals surface area contributed by atoms with Crippen molar-refractivity contribution >= 4 is 23.5 Å². The molecule has 0 saturated carbocycles. The number of thioether (sulfide) groups is 1. The molecular formula is C13H21FN4S. The van der Waals surface area contributed by atoms with E-state index in [0.29, 0.717) is 17.0 Å². The fourth-order valence-electron chi connectivity index (χ4n) is 2.06. The Hall–Kier alpha value is -1.04. The van der Waals surface area contributed by atoms with Gasteiger partial charge in [0.25, 0.3) is 0 Å². The van der Waals surface area contributed by atoms with Crippen LogP contribution in [0.4, 0.5) is 16.2 Å². The number of halogens is 1. The van der Waals surface area contributed by atoms with Crippen LogP contribution in [0, 0.1) is 5.82 Å². The Balaban J connectivity index is 2.13. The summed E-state index contributed by atoms with van der Waals surface area (Å²) in [4.78, 5) is 10.3. The van der Waals surface area contributed by atoms with Crippen LogP contribution in [-0.4, -0.2) is 40.6 Å².